The van der Waals surface area contributed by atoms with Crippen molar-refractivity contribution in [1.82, 2.24) is 20.0 Å². The molecule has 3 heterocycles. The Balaban J connectivity index is 1.42. The number of aryl methyl sites for hydroxylation is 1. The number of H-pyrrole nitrogens is 1. The van der Waals surface area contributed by atoms with Crippen molar-refractivity contribution in [1.29, 1.82) is 0 Å². The maximum Gasteiger partial charge on any atom is 0.273 e. The standard InChI is InChI=1S/C29H36N4O3/c1-3-4-18-36-24-12-10-23(11-13-24)28-25-26(22-8-6-21(2)7-9-22)30-31-27(25)29(34)33(28)15-5-14-32-16-19-35-20-17-32/h6-13,28H,3-5,14-20H2,1-2H3,(H,30,31). The molecule has 1 saturated heterocycles. The maximum atomic E-state index is 13.6. The molecule has 1 unspecified atom stereocenters. The van der Waals surface area contributed by atoms with Crippen molar-refractivity contribution < 1.29 is 14.3 Å². The van der Waals surface area contributed by atoms with Gasteiger partial charge in [0.25, 0.3) is 5.91 Å². The van der Waals surface area contributed by atoms with E-state index < -0.39 is 0 Å². The van der Waals surface area contributed by atoms with E-state index in [9.17, 15) is 4.79 Å². The Kier molecular flexibility index (Phi) is 7.68. The summed E-state index contributed by atoms with van der Waals surface area (Å²) >= 11 is 0. The van der Waals surface area contributed by atoms with E-state index in [1.54, 1.807) is 0 Å². The van der Waals surface area contributed by atoms with Gasteiger partial charge in [0.2, 0.25) is 0 Å². The van der Waals surface area contributed by atoms with Crippen LogP contribution in [0.25, 0.3) is 11.3 Å². The van der Waals surface area contributed by atoms with Gasteiger partial charge in [-0.25, -0.2) is 0 Å². The van der Waals surface area contributed by atoms with E-state index in [2.05, 4.69) is 65.3 Å². The third-order valence-electron chi connectivity index (χ3n) is 7.13. The van der Waals surface area contributed by atoms with Gasteiger partial charge >= 0.3 is 0 Å². The number of carbonyl (C=O) groups excluding carboxylic acids is 1. The topological polar surface area (TPSA) is 70.7 Å². The Hall–Kier alpha value is -3.16. The summed E-state index contributed by atoms with van der Waals surface area (Å²) in [7, 11) is 0. The Morgan fingerprint density at radius 3 is 2.50 bits per heavy atom. The van der Waals surface area contributed by atoms with E-state index in [-0.39, 0.29) is 11.9 Å². The van der Waals surface area contributed by atoms with E-state index in [4.69, 9.17) is 9.47 Å². The molecule has 2 aliphatic rings. The number of aromatic nitrogens is 2. The number of morpholine rings is 1. The highest BCUT2D eigenvalue weighted by atomic mass is 16.5. The number of carbonyl (C=O) groups is 1. The van der Waals surface area contributed by atoms with Crippen LogP contribution in [0.5, 0.6) is 5.75 Å². The molecule has 190 valence electrons. The molecule has 2 aliphatic heterocycles. The number of nitrogens with one attached hydrogen (secondary N) is 1. The van der Waals surface area contributed by atoms with Gasteiger partial charge in [0.15, 0.2) is 0 Å². The van der Waals surface area contributed by atoms with Gasteiger partial charge in [-0.1, -0.05) is 55.3 Å². The summed E-state index contributed by atoms with van der Waals surface area (Å²) in [5, 5.41) is 7.67. The van der Waals surface area contributed by atoms with Crippen molar-refractivity contribution in [3.63, 3.8) is 0 Å². The monoisotopic (exact) mass is 488 g/mol. The quantitative estimate of drug-likeness (QED) is 0.414. The Labute approximate surface area is 213 Å². The van der Waals surface area contributed by atoms with Gasteiger partial charge in [-0.3, -0.25) is 14.8 Å². The molecule has 1 atom stereocenters. The minimum absolute atomic E-state index is 0.0195. The van der Waals surface area contributed by atoms with Gasteiger partial charge in [0.1, 0.15) is 11.4 Å². The van der Waals surface area contributed by atoms with Crippen LogP contribution >= 0.6 is 0 Å². The van der Waals surface area contributed by atoms with Crippen LogP contribution in [0, 0.1) is 6.92 Å². The molecule has 0 aliphatic carbocycles. The van der Waals surface area contributed by atoms with Gasteiger partial charge in [0.05, 0.1) is 31.6 Å². The molecule has 0 spiro atoms. The zero-order chi connectivity index (χ0) is 24.9. The largest absolute Gasteiger partial charge is 0.494 e. The van der Waals surface area contributed by atoms with Crippen molar-refractivity contribution in [2.75, 3.05) is 46.0 Å². The van der Waals surface area contributed by atoms with E-state index in [1.807, 2.05) is 17.0 Å². The number of ether oxygens (including phenoxy) is 2. The van der Waals surface area contributed by atoms with Gasteiger partial charge in [0, 0.05) is 37.3 Å². The molecule has 5 rings (SSSR count). The van der Waals surface area contributed by atoms with E-state index in [0.29, 0.717) is 12.2 Å². The van der Waals surface area contributed by atoms with Crippen LogP contribution < -0.4 is 4.74 Å². The number of unbranched alkanes of at least 4 members (excludes halogenated alkanes) is 1. The average Bonchev–Trinajstić information content (AvgIpc) is 3.45. The summed E-state index contributed by atoms with van der Waals surface area (Å²) < 4.78 is 11.4. The maximum absolute atomic E-state index is 13.6. The minimum Gasteiger partial charge on any atom is -0.494 e. The second-order valence-electron chi connectivity index (χ2n) is 9.71. The van der Waals surface area contributed by atoms with Crippen LogP contribution in [0.15, 0.2) is 48.5 Å². The molecule has 7 nitrogen and oxygen atoms in total. The van der Waals surface area contributed by atoms with Crippen LogP contribution in [0.4, 0.5) is 0 Å². The second-order valence-corrected chi connectivity index (χ2v) is 9.71. The summed E-state index contributed by atoms with van der Waals surface area (Å²) in [6.45, 7) is 10.1. The first-order chi connectivity index (χ1) is 17.7. The summed E-state index contributed by atoms with van der Waals surface area (Å²) in [6, 6.07) is 16.4. The molecule has 0 bridgehead atoms. The fourth-order valence-electron chi connectivity index (χ4n) is 5.08. The van der Waals surface area contributed by atoms with Crippen LogP contribution in [-0.4, -0.2) is 71.9 Å². The normalized spacial score (nSPS) is 18.0. The molecule has 1 aromatic heterocycles. The lowest BCUT2D eigenvalue weighted by Crippen LogP contribution is -2.38. The number of aromatic amines is 1. The molecule has 1 N–H and O–H groups in total. The number of hydrogen-bond acceptors (Lipinski definition) is 5. The van der Waals surface area contributed by atoms with E-state index in [0.717, 1.165) is 86.9 Å². The first kappa shape index (κ1) is 24.5. The number of benzene rings is 2. The van der Waals surface area contributed by atoms with Gasteiger partial charge < -0.3 is 14.4 Å². The number of amides is 1. The minimum atomic E-state index is -0.183. The molecular weight excluding hydrogens is 452 g/mol. The highest BCUT2D eigenvalue weighted by molar-refractivity contribution is 6.00. The first-order valence-corrected chi connectivity index (χ1v) is 13.1. The number of rotatable bonds is 10. The van der Waals surface area contributed by atoms with Crippen LogP contribution in [-0.2, 0) is 4.74 Å². The fraction of sp³-hybridized carbons (Fsp3) is 0.448. The van der Waals surface area contributed by atoms with Crippen molar-refractivity contribution in [3.05, 3.63) is 70.9 Å². The van der Waals surface area contributed by atoms with E-state index >= 15 is 0 Å². The molecule has 0 saturated carbocycles. The molecule has 3 aromatic rings. The van der Waals surface area contributed by atoms with Crippen LogP contribution in [0.3, 0.4) is 0 Å². The number of fused-ring (bicyclic) bond motifs is 1. The first-order valence-electron chi connectivity index (χ1n) is 13.1. The Morgan fingerprint density at radius 1 is 1.03 bits per heavy atom. The predicted octanol–water partition coefficient (Wildman–Crippen LogP) is 4.83. The van der Waals surface area contributed by atoms with Crippen molar-refractivity contribution in [2.24, 2.45) is 0 Å². The number of hydrogen-bond donors (Lipinski definition) is 1. The Bertz CT molecular complexity index is 1150. The lowest BCUT2D eigenvalue weighted by Gasteiger charge is -2.29. The molecule has 2 aromatic carbocycles. The van der Waals surface area contributed by atoms with Crippen molar-refractivity contribution in [3.8, 4) is 17.0 Å². The molecule has 7 heteroatoms. The average molecular weight is 489 g/mol. The summed E-state index contributed by atoms with van der Waals surface area (Å²) in [4.78, 5) is 18.0. The smallest absolute Gasteiger partial charge is 0.273 e. The summed E-state index contributed by atoms with van der Waals surface area (Å²) in [6.07, 6.45) is 3.05. The third kappa shape index (κ3) is 5.18. The summed E-state index contributed by atoms with van der Waals surface area (Å²) in [5.74, 6) is 0.882. The van der Waals surface area contributed by atoms with Gasteiger partial charge in [-0.2, -0.15) is 5.10 Å². The summed E-state index contributed by atoms with van der Waals surface area (Å²) in [5.41, 5.74) is 5.71. The van der Waals surface area contributed by atoms with Gasteiger partial charge in [-0.15, -0.1) is 0 Å². The second kappa shape index (κ2) is 11.3. The molecule has 1 amide bonds. The molecule has 36 heavy (non-hydrogen) atoms. The number of nitrogens with zero attached hydrogens (tertiary/aromatic N) is 3. The van der Waals surface area contributed by atoms with Gasteiger partial charge in [-0.05, 0) is 37.5 Å². The zero-order valence-electron chi connectivity index (χ0n) is 21.3. The van der Waals surface area contributed by atoms with Crippen molar-refractivity contribution >= 4 is 5.91 Å². The highest BCUT2D eigenvalue weighted by Gasteiger charge is 2.41. The predicted molar refractivity (Wildman–Crippen MR) is 140 cm³/mol. The lowest BCUT2D eigenvalue weighted by atomic mass is 9.95. The molecule has 1 fully saturated rings. The third-order valence-corrected chi connectivity index (χ3v) is 7.13. The van der Waals surface area contributed by atoms with Crippen LogP contribution in [0.2, 0.25) is 0 Å². The highest BCUT2D eigenvalue weighted by Crippen LogP contribution is 2.43. The Morgan fingerprint density at radius 2 is 1.78 bits per heavy atom. The van der Waals surface area contributed by atoms with Crippen LogP contribution in [0.1, 0.15) is 59.4 Å². The van der Waals surface area contributed by atoms with E-state index in [1.165, 1.54) is 5.56 Å². The van der Waals surface area contributed by atoms with Crippen molar-refractivity contribution in [2.45, 2.75) is 39.2 Å². The zero-order valence-corrected chi connectivity index (χ0v) is 21.3. The molecule has 0 radical (unpaired) electrons. The SMILES string of the molecule is CCCCOc1ccc(C2c3c(-c4ccc(C)cc4)n[nH]c3C(=O)N2CCCN2CCOCC2)cc1. The molecular formula is C29H36N4O3. The fourth-order valence-corrected chi connectivity index (χ4v) is 5.08. The lowest BCUT2D eigenvalue weighted by molar-refractivity contribution is 0.0354.